The van der Waals surface area contributed by atoms with E-state index in [1.807, 2.05) is 31.0 Å². The Bertz CT molecular complexity index is 350. The van der Waals surface area contributed by atoms with Crippen LogP contribution in [0.3, 0.4) is 0 Å². The molecule has 0 aliphatic carbocycles. The van der Waals surface area contributed by atoms with Crippen LogP contribution < -0.4 is 4.90 Å². The SMILES string of the molecule is CCc1cc(CO)cc(N(C)CC(C)(C)O)n1. The molecule has 1 aromatic heterocycles. The summed E-state index contributed by atoms with van der Waals surface area (Å²) in [5.74, 6) is 0.788. The molecule has 0 aliphatic rings. The fourth-order valence-corrected chi connectivity index (χ4v) is 1.76. The van der Waals surface area contributed by atoms with Crippen molar-refractivity contribution >= 4 is 5.82 Å². The summed E-state index contributed by atoms with van der Waals surface area (Å²) in [6, 6.07) is 3.76. The predicted molar refractivity (Wildman–Crippen MR) is 69.1 cm³/mol. The summed E-state index contributed by atoms with van der Waals surface area (Å²) >= 11 is 0. The Hall–Kier alpha value is -1.13. The molecule has 0 radical (unpaired) electrons. The lowest BCUT2D eigenvalue weighted by Gasteiger charge is -2.27. The molecule has 0 bridgehead atoms. The second-order valence-corrected chi connectivity index (χ2v) is 5.01. The lowest BCUT2D eigenvalue weighted by atomic mass is 10.1. The normalized spacial score (nSPS) is 11.6. The van der Waals surface area contributed by atoms with Gasteiger partial charge < -0.3 is 15.1 Å². The van der Waals surface area contributed by atoms with Crippen molar-refractivity contribution in [2.24, 2.45) is 0 Å². The van der Waals surface area contributed by atoms with Crippen LogP contribution in [0.2, 0.25) is 0 Å². The third-order valence-corrected chi connectivity index (χ3v) is 2.48. The monoisotopic (exact) mass is 238 g/mol. The van der Waals surface area contributed by atoms with Gasteiger partial charge in [-0.3, -0.25) is 0 Å². The van der Waals surface area contributed by atoms with Crippen LogP contribution in [0.15, 0.2) is 12.1 Å². The van der Waals surface area contributed by atoms with Crippen LogP contribution in [0.1, 0.15) is 32.0 Å². The van der Waals surface area contributed by atoms with E-state index in [1.54, 1.807) is 13.8 Å². The number of aliphatic hydroxyl groups is 2. The second-order valence-electron chi connectivity index (χ2n) is 5.01. The Balaban J connectivity index is 2.96. The van der Waals surface area contributed by atoms with Gasteiger partial charge in [-0.2, -0.15) is 0 Å². The van der Waals surface area contributed by atoms with Crippen LogP contribution in [-0.2, 0) is 13.0 Å². The molecule has 4 heteroatoms. The van der Waals surface area contributed by atoms with Gasteiger partial charge in [0.15, 0.2) is 0 Å². The van der Waals surface area contributed by atoms with E-state index < -0.39 is 5.60 Å². The van der Waals surface area contributed by atoms with E-state index in [2.05, 4.69) is 4.98 Å². The van der Waals surface area contributed by atoms with E-state index in [1.165, 1.54) is 0 Å². The second kappa shape index (κ2) is 5.47. The summed E-state index contributed by atoms with van der Waals surface area (Å²) in [6.07, 6.45) is 0.831. The molecule has 0 aliphatic heterocycles. The van der Waals surface area contributed by atoms with Crippen LogP contribution in [0.4, 0.5) is 5.82 Å². The van der Waals surface area contributed by atoms with E-state index >= 15 is 0 Å². The Kier molecular flexibility index (Phi) is 4.48. The molecule has 1 rings (SSSR count). The van der Waals surface area contributed by atoms with Gasteiger partial charge in [0.2, 0.25) is 0 Å². The van der Waals surface area contributed by atoms with Crippen molar-refractivity contribution in [3.05, 3.63) is 23.4 Å². The van der Waals surface area contributed by atoms with Gasteiger partial charge in [-0.25, -0.2) is 4.98 Å². The number of aromatic nitrogens is 1. The van der Waals surface area contributed by atoms with Crippen LogP contribution in [0.5, 0.6) is 0 Å². The van der Waals surface area contributed by atoms with Crippen molar-refractivity contribution in [3.8, 4) is 0 Å². The number of rotatable bonds is 5. The lowest BCUT2D eigenvalue weighted by molar-refractivity contribution is 0.0884. The number of aryl methyl sites for hydroxylation is 1. The van der Waals surface area contributed by atoms with Crippen LogP contribution in [0, 0.1) is 0 Å². The molecule has 2 N–H and O–H groups in total. The minimum absolute atomic E-state index is 0.0128. The number of likely N-dealkylation sites (N-methyl/N-ethyl adjacent to an activating group) is 1. The zero-order chi connectivity index (χ0) is 13.1. The molecule has 1 aromatic rings. The molecule has 0 spiro atoms. The number of nitrogens with zero attached hydrogens (tertiary/aromatic N) is 2. The van der Waals surface area contributed by atoms with Gasteiger partial charge in [0.05, 0.1) is 12.2 Å². The maximum absolute atomic E-state index is 9.78. The fourth-order valence-electron chi connectivity index (χ4n) is 1.76. The largest absolute Gasteiger partial charge is 0.392 e. The molecule has 4 nitrogen and oxygen atoms in total. The lowest BCUT2D eigenvalue weighted by Crippen LogP contribution is -2.36. The standard InChI is InChI=1S/C13H22N2O2/c1-5-11-6-10(8-16)7-12(14-11)15(4)9-13(2,3)17/h6-7,16-17H,5,8-9H2,1-4H3. The highest BCUT2D eigenvalue weighted by atomic mass is 16.3. The highest BCUT2D eigenvalue weighted by Gasteiger charge is 2.17. The average molecular weight is 238 g/mol. The van der Waals surface area contributed by atoms with Gasteiger partial charge in [-0.1, -0.05) is 6.92 Å². The molecule has 0 fully saturated rings. The molecule has 0 saturated carbocycles. The van der Waals surface area contributed by atoms with Gasteiger partial charge in [0, 0.05) is 19.3 Å². The van der Waals surface area contributed by atoms with Crippen LogP contribution in [-0.4, -0.2) is 34.4 Å². The van der Waals surface area contributed by atoms with Crippen molar-refractivity contribution in [3.63, 3.8) is 0 Å². The molecule has 0 aromatic carbocycles. The first kappa shape index (κ1) is 13.9. The zero-order valence-electron chi connectivity index (χ0n) is 11.1. The Morgan fingerprint density at radius 1 is 1.35 bits per heavy atom. The number of aliphatic hydroxyl groups excluding tert-OH is 1. The summed E-state index contributed by atoms with van der Waals surface area (Å²) in [4.78, 5) is 6.39. The van der Waals surface area contributed by atoms with E-state index in [9.17, 15) is 10.2 Å². The zero-order valence-corrected chi connectivity index (χ0v) is 11.1. The molecular weight excluding hydrogens is 216 g/mol. The summed E-state index contributed by atoms with van der Waals surface area (Å²) in [5, 5.41) is 19.0. The maximum atomic E-state index is 9.78. The molecule has 1 heterocycles. The van der Waals surface area contributed by atoms with E-state index in [-0.39, 0.29) is 6.61 Å². The van der Waals surface area contributed by atoms with E-state index in [4.69, 9.17) is 0 Å². The molecule has 0 saturated heterocycles. The van der Waals surface area contributed by atoms with Gasteiger partial charge in [-0.15, -0.1) is 0 Å². The molecule has 96 valence electrons. The van der Waals surface area contributed by atoms with Crippen LogP contribution in [0.25, 0.3) is 0 Å². The average Bonchev–Trinajstić information content (AvgIpc) is 2.26. The summed E-state index contributed by atoms with van der Waals surface area (Å²) < 4.78 is 0. The first-order valence-corrected chi connectivity index (χ1v) is 5.90. The summed E-state index contributed by atoms with van der Waals surface area (Å²) in [5.41, 5.74) is 1.04. The smallest absolute Gasteiger partial charge is 0.128 e. The van der Waals surface area contributed by atoms with Crippen molar-refractivity contribution in [2.45, 2.75) is 39.4 Å². The van der Waals surface area contributed by atoms with Gasteiger partial charge >= 0.3 is 0 Å². The molecule has 0 amide bonds. The fraction of sp³-hybridized carbons (Fsp3) is 0.615. The number of pyridine rings is 1. The molecule has 0 unspecified atom stereocenters. The summed E-state index contributed by atoms with van der Waals surface area (Å²) in [7, 11) is 1.89. The minimum atomic E-state index is -0.766. The molecular formula is C13H22N2O2. The van der Waals surface area contributed by atoms with Crippen molar-refractivity contribution in [1.82, 2.24) is 4.98 Å². The number of hydrogen-bond acceptors (Lipinski definition) is 4. The Morgan fingerprint density at radius 2 is 2.00 bits per heavy atom. The first-order chi connectivity index (χ1) is 7.85. The van der Waals surface area contributed by atoms with E-state index in [0.717, 1.165) is 23.5 Å². The third kappa shape index (κ3) is 4.32. The maximum Gasteiger partial charge on any atom is 0.128 e. The van der Waals surface area contributed by atoms with Crippen molar-refractivity contribution in [2.75, 3.05) is 18.5 Å². The highest BCUT2D eigenvalue weighted by Crippen LogP contribution is 2.17. The summed E-state index contributed by atoms with van der Waals surface area (Å²) in [6.45, 7) is 6.07. The quantitative estimate of drug-likeness (QED) is 0.813. The van der Waals surface area contributed by atoms with Gasteiger partial charge in [0.1, 0.15) is 5.82 Å². The van der Waals surface area contributed by atoms with Gasteiger partial charge in [0.25, 0.3) is 0 Å². The van der Waals surface area contributed by atoms with Crippen molar-refractivity contribution < 1.29 is 10.2 Å². The topological polar surface area (TPSA) is 56.6 Å². The highest BCUT2D eigenvalue weighted by molar-refractivity contribution is 5.42. The molecule has 17 heavy (non-hydrogen) atoms. The number of anilines is 1. The first-order valence-electron chi connectivity index (χ1n) is 5.90. The van der Waals surface area contributed by atoms with Gasteiger partial charge in [-0.05, 0) is 38.0 Å². The Labute approximate surface area is 103 Å². The predicted octanol–water partition coefficient (Wildman–Crippen LogP) is 1.34. The Morgan fingerprint density at radius 3 is 2.47 bits per heavy atom. The van der Waals surface area contributed by atoms with Crippen molar-refractivity contribution in [1.29, 1.82) is 0 Å². The van der Waals surface area contributed by atoms with Crippen LogP contribution >= 0.6 is 0 Å². The van der Waals surface area contributed by atoms with E-state index in [0.29, 0.717) is 6.54 Å². The molecule has 0 atom stereocenters. The third-order valence-electron chi connectivity index (χ3n) is 2.48. The minimum Gasteiger partial charge on any atom is -0.392 e. The number of hydrogen-bond donors (Lipinski definition) is 2.